The van der Waals surface area contributed by atoms with Crippen molar-refractivity contribution in [1.82, 2.24) is 5.32 Å². The van der Waals surface area contributed by atoms with Crippen LogP contribution in [-0.2, 0) is 28.6 Å². The van der Waals surface area contributed by atoms with Crippen molar-refractivity contribution in [3.05, 3.63) is 0 Å². The monoisotopic (exact) mass is 388 g/mol. The highest BCUT2D eigenvalue weighted by Gasteiger charge is 2.41. The molecular weight excluding hydrogens is 360 g/mol. The van der Waals surface area contributed by atoms with Crippen LogP contribution in [0.1, 0.15) is 41.0 Å². The van der Waals surface area contributed by atoms with Crippen LogP contribution in [0.15, 0.2) is 5.16 Å². The molecule has 27 heavy (non-hydrogen) atoms. The second-order valence-electron chi connectivity index (χ2n) is 6.82. The second-order valence-corrected chi connectivity index (χ2v) is 6.82. The Kier molecular flexibility index (Phi) is 8.48. The number of nitrogens with zero attached hydrogens (tertiary/aromatic N) is 1. The molecule has 1 heterocycles. The van der Waals surface area contributed by atoms with Gasteiger partial charge in [-0.1, -0.05) is 5.16 Å². The molecule has 0 aromatic carbocycles. The Morgan fingerprint density at radius 2 is 1.85 bits per heavy atom. The fourth-order valence-electron chi connectivity index (χ4n) is 2.39. The molecule has 1 aliphatic rings. The summed E-state index contributed by atoms with van der Waals surface area (Å²) >= 11 is 0. The Morgan fingerprint density at radius 1 is 1.22 bits per heavy atom. The van der Waals surface area contributed by atoms with Crippen LogP contribution < -0.4 is 5.32 Å². The maximum atomic E-state index is 12.2. The van der Waals surface area contributed by atoms with E-state index in [9.17, 15) is 19.5 Å². The van der Waals surface area contributed by atoms with E-state index in [1.807, 2.05) is 0 Å². The van der Waals surface area contributed by atoms with E-state index in [1.54, 1.807) is 34.6 Å². The Hall–Kier alpha value is -2.36. The van der Waals surface area contributed by atoms with E-state index in [0.29, 0.717) is 0 Å². The lowest BCUT2D eigenvalue weighted by atomic mass is 9.93. The quantitative estimate of drug-likeness (QED) is 0.460. The van der Waals surface area contributed by atoms with Crippen LogP contribution in [0.5, 0.6) is 0 Å². The fourth-order valence-corrected chi connectivity index (χ4v) is 2.39. The van der Waals surface area contributed by atoms with E-state index in [-0.39, 0.29) is 25.3 Å². The predicted molar refractivity (Wildman–Crippen MR) is 93.9 cm³/mol. The van der Waals surface area contributed by atoms with E-state index >= 15 is 0 Å². The number of aliphatic hydroxyl groups is 1. The maximum Gasteiger partial charge on any atom is 0.408 e. The first-order chi connectivity index (χ1) is 12.6. The highest BCUT2D eigenvalue weighted by Crippen LogP contribution is 2.24. The molecule has 0 aromatic heterocycles. The highest BCUT2D eigenvalue weighted by atomic mass is 16.6. The number of carbonyl (C=O) groups excluding carboxylic acids is 3. The second kappa shape index (κ2) is 10.1. The lowest BCUT2D eigenvalue weighted by Gasteiger charge is -2.25. The standard InChI is InChI=1S/C17H28N2O8/c1-6-24-14(21)11(18-16(23)26-17(3,4)5)8-12-10(9-20)13(19-27-12)15(22)25-7-2/h10-12,20H,6-9H2,1-5H3,(H,18,23)/t10-,11+,12+/m0/s1. The number of aliphatic hydroxyl groups excluding tert-OH is 1. The smallest absolute Gasteiger partial charge is 0.408 e. The Morgan fingerprint density at radius 3 is 2.37 bits per heavy atom. The van der Waals surface area contributed by atoms with Gasteiger partial charge in [-0.15, -0.1) is 0 Å². The van der Waals surface area contributed by atoms with Gasteiger partial charge < -0.3 is 29.5 Å². The van der Waals surface area contributed by atoms with Gasteiger partial charge in [-0.3, -0.25) is 0 Å². The van der Waals surface area contributed by atoms with Crippen LogP contribution in [0.25, 0.3) is 0 Å². The molecule has 0 saturated heterocycles. The van der Waals surface area contributed by atoms with Crippen LogP contribution in [0.4, 0.5) is 4.79 Å². The summed E-state index contributed by atoms with van der Waals surface area (Å²) in [6.07, 6.45) is -1.69. The summed E-state index contributed by atoms with van der Waals surface area (Å²) in [5.74, 6) is -2.18. The summed E-state index contributed by atoms with van der Waals surface area (Å²) in [4.78, 5) is 41.3. The molecule has 10 heteroatoms. The normalized spacial score (nSPS) is 20.1. The molecule has 1 aliphatic heterocycles. The number of hydrogen-bond donors (Lipinski definition) is 2. The van der Waals surface area contributed by atoms with Gasteiger partial charge in [0.1, 0.15) is 17.7 Å². The van der Waals surface area contributed by atoms with Gasteiger partial charge >= 0.3 is 18.0 Å². The molecule has 0 saturated carbocycles. The van der Waals surface area contributed by atoms with Crippen LogP contribution in [-0.4, -0.2) is 66.4 Å². The molecule has 1 amide bonds. The Balaban J connectivity index is 2.84. The summed E-state index contributed by atoms with van der Waals surface area (Å²) in [7, 11) is 0. The zero-order chi connectivity index (χ0) is 20.6. The SMILES string of the molecule is CCOC(=O)C1=NO[C@H](C[C@@H](NC(=O)OC(C)(C)C)C(=O)OCC)[C@@H]1CO. The lowest BCUT2D eigenvalue weighted by molar-refractivity contribution is -0.147. The molecule has 0 fully saturated rings. The Bertz CT molecular complexity index is 570. The number of hydrogen-bond acceptors (Lipinski definition) is 9. The first kappa shape index (κ1) is 22.7. The molecule has 0 unspecified atom stereocenters. The van der Waals surface area contributed by atoms with Crippen molar-refractivity contribution in [3.8, 4) is 0 Å². The molecule has 0 bridgehead atoms. The molecular formula is C17H28N2O8. The van der Waals surface area contributed by atoms with Gasteiger partial charge in [-0.25, -0.2) is 14.4 Å². The molecule has 0 radical (unpaired) electrons. The van der Waals surface area contributed by atoms with E-state index < -0.39 is 48.3 Å². The summed E-state index contributed by atoms with van der Waals surface area (Å²) in [6.45, 7) is 8.16. The number of esters is 2. The summed E-state index contributed by atoms with van der Waals surface area (Å²) in [5.41, 5.74) is -0.815. The van der Waals surface area contributed by atoms with Gasteiger partial charge in [0.15, 0.2) is 5.71 Å². The molecule has 0 aliphatic carbocycles. The van der Waals surface area contributed by atoms with Crippen LogP contribution in [0.2, 0.25) is 0 Å². The van der Waals surface area contributed by atoms with Gasteiger partial charge in [0, 0.05) is 6.42 Å². The van der Waals surface area contributed by atoms with Gasteiger partial charge in [0.25, 0.3) is 0 Å². The number of oxime groups is 1. The van der Waals surface area contributed by atoms with E-state index in [1.165, 1.54) is 0 Å². The third-order valence-corrected chi connectivity index (χ3v) is 3.50. The number of alkyl carbamates (subject to hydrolysis) is 1. The summed E-state index contributed by atoms with van der Waals surface area (Å²) in [6, 6.07) is -1.10. The minimum Gasteiger partial charge on any atom is -0.464 e. The van der Waals surface area contributed by atoms with Crippen LogP contribution in [0, 0.1) is 5.92 Å². The zero-order valence-electron chi connectivity index (χ0n) is 16.3. The molecule has 1 rings (SSSR count). The van der Waals surface area contributed by atoms with Crippen molar-refractivity contribution in [3.63, 3.8) is 0 Å². The predicted octanol–water partition coefficient (Wildman–Crippen LogP) is 0.759. The van der Waals surface area contributed by atoms with Crippen molar-refractivity contribution < 1.29 is 38.5 Å². The number of nitrogens with one attached hydrogen (secondary N) is 1. The van der Waals surface area contributed by atoms with Crippen molar-refractivity contribution in [1.29, 1.82) is 0 Å². The number of rotatable bonds is 8. The largest absolute Gasteiger partial charge is 0.464 e. The van der Waals surface area contributed by atoms with Crippen molar-refractivity contribution >= 4 is 23.7 Å². The summed E-state index contributed by atoms with van der Waals surface area (Å²) < 4.78 is 15.0. The van der Waals surface area contributed by atoms with Crippen LogP contribution in [0.3, 0.4) is 0 Å². The van der Waals surface area contributed by atoms with Gasteiger partial charge in [0.2, 0.25) is 0 Å². The summed E-state index contributed by atoms with van der Waals surface area (Å²) in [5, 5.41) is 15.7. The number of carbonyl (C=O) groups is 3. The molecule has 3 atom stereocenters. The first-order valence-electron chi connectivity index (χ1n) is 8.80. The van der Waals surface area contributed by atoms with E-state index in [2.05, 4.69) is 10.5 Å². The molecule has 10 nitrogen and oxygen atoms in total. The van der Waals surface area contributed by atoms with Gasteiger partial charge in [-0.2, -0.15) is 0 Å². The number of ether oxygens (including phenoxy) is 3. The topological polar surface area (TPSA) is 133 Å². The zero-order valence-corrected chi connectivity index (χ0v) is 16.3. The molecule has 0 spiro atoms. The molecule has 2 N–H and O–H groups in total. The lowest BCUT2D eigenvalue weighted by Crippen LogP contribution is -2.47. The molecule has 0 aromatic rings. The minimum absolute atomic E-state index is 0.0655. The van der Waals surface area contributed by atoms with Gasteiger partial charge in [-0.05, 0) is 34.6 Å². The molecule has 154 valence electrons. The fraction of sp³-hybridized carbons (Fsp3) is 0.765. The minimum atomic E-state index is -1.10. The third kappa shape index (κ3) is 7.05. The van der Waals surface area contributed by atoms with Crippen molar-refractivity contribution in [2.45, 2.75) is 58.8 Å². The first-order valence-corrected chi connectivity index (χ1v) is 8.80. The van der Waals surface area contributed by atoms with Gasteiger partial charge in [0.05, 0.1) is 25.7 Å². The van der Waals surface area contributed by atoms with Crippen molar-refractivity contribution in [2.75, 3.05) is 19.8 Å². The number of amides is 1. The van der Waals surface area contributed by atoms with Crippen molar-refractivity contribution in [2.24, 2.45) is 11.1 Å². The van der Waals surface area contributed by atoms with Crippen LogP contribution >= 0.6 is 0 Å². The average molecular weight is 388 g/mol. The highest BCUT2D eigenvalue weighted by molar-refractivity contribution is 6.37. The Labute approximate surface area is 158 Å². The maximum absolute atomic E-state index is 12.2. The van der Waals surface area contributed by atoms with E-state index in [0.717, 1.165) is 0 Å². The third-order valence-electron chi connectivity index (χ3n) is 3.50. The van der Waals surface area contributed by atoms with E-state index in [4.69, 9.17) is 19.0 Å². The average Bonchev–Trinajstić information content (AvgIpc) is 2.95.